The van der Waals surface area contributed by atoms with Gasteiger partial charge in [0.25, 0.3) is 0 Å². The summed E-state index contributed by atoms with van der Waals surface area (Å²) in [5.74, 6) is -0.456. The van der Waals surface area contributed by atoms with E-state index in [9.17, 15) is 9.90 Å². The highest BCUT2D eigenvalue weighted by Crippen LogP contribution is 2.25. The Morgan fingerprint density at radius 3 is 2.53 bits per heavy atom. The van der Waals surface area contributed by atoms with Gasteiger partial charge in [-0.25, -0.2) is 0 Å². The van der Waals surface area contributed by atoms with Crippen molar-refractivity contribution in [3.05, 3.63) is 59.7 Å². The van der Waals surface area contributed by atoms with E-state index in [2.05, 4.69) is 0 Å². The van der Waals surface area contributed by atoms with Crippen LogP contribution in [-0.4, -0.2) is 16.2 Å². The lowest BCUT2D eigenvalue weighted by Crippen LogP contribution is -2.04. The summed E-state index contributed by atoms with van der Waals surface area (Å²) < 4.78 is 5.60. The van der Waals surface area contributed by atoms with E-state index in [1.165, 1.54) is 12.1 Å². The second kappa shape index (κ2) is 5.91. The summed E-state index contributed by atoms with van der Waals surface area (Å²) in [6, 6.07) is 14.1. The Bertz CT molecular complexity index is 564. The first kappa shape index (κ1) is 13.0. The zero-order valence-electron chi connectivity index (χ0n) is 10.2. The number of aliphatic carboxylic acids is 1. The highest BCUT2D eigenvalue weighted by Gasteiger charge is 2.09. The summed E-state index contributed by atoms with van der Waals surface area (Å²) in [4.78, 5) is 10.8. The molecular formula is C15H14O4. The van der Waals surface area contributed by atoms with E-state index in [-0.39, 0.29) is 12.2 Å². The molecule has 0 radical (unpaired) electrons. The van der Waals surface area contributed by atoms with Gasteiger partial charge in [-0.2, -0.15) is 0 Å². The van der Waals surface area contributed by atoms with E-state index < -0.39 is 5.97 Å². The Labute approximate surface area is 110 Å². The summed E-state index contributed by atoms with van der Waals surface area (Å²) in [6.07, 6.45) is -0.182. The quantitative estimate of drug-likeness (QED) is 0.865. The van der Waals surface area contributed by atoms with Crippen molar-refractivity contribution >= 4 is 5.97 Å². The van der Waals surface area contributed by atoms with Crippen molar-refractivity contribution in [3.63, 3.8) is 0 Å². The van der Waals surface area contributed by atoms with Crippen LogP contribution in [0.25, 0.3) is 0 Å². The molecular weight excluding hydrogens is 244 g/mol. The number of phenols is 1. The van der Waals surface area contributed by atoms with Gasteiger partial charge in [-0.3, -0.25) is 4.79 Å². The maximum absolute atomic E-state index is 10.8. The zero-order chi connectivity index (χ0) is 13.7. The predicted molar refractivity (Wildman–Crippen MR) is 70.2 cm³/mol. The minimum absolute atomic E-state index is 0.0308. The Balaban J connectivity index is 2.13. The predicted octanol–water partition coefficient (Wildman–Crippen LogP) is 2.60. The third kappa shape index (κ3) is 3.74. The molecule has 0 bridgehead atoms. The van der Waals surface area contributed by atoms with E-state index >= 15 is 0 Å². The molecule has 0 saturated heterocycles. The summed E-state index contributed by atoms with van der Waals surface area (Å²) in [5, 5.41) is 18.2. The summed E-state index contributed by atoms with van der Waals surface area (Å²) in [7, 11) is 0. The Morgan fingerprint density at radius 2 is 1.84 bits per heavy atom. The molecule has 0 atom stereocenters. The van der Waals surface area contributed by atoms with E-state index in [1.807, 2.05) is 30.3 Å². The van der Waals surface area contributed by atoms with Crippen molar-refractivity contribution < 1.29 is 19.7 Å². The zero-order valence-corrected chi connectivity index (χ0v) is 10.2. The number of carboxylic acids is 1. The monoisotopic (exact) mass is 258 g/mol. The number of rotatable bonds is 5. The summed E-state index contributed by atoms with van der Waals surface area (Å²) >= 11 is 0. The van der Waals surface area contributed by atoms with Crippen LogP contribution in [0.5, 0.6) is 11.5 Å². The molecule has 0 aliphatic carbocycles. The molecule has 4 heteroatoms. The van der Waals surface area contributed by atoms with E-state index in [0.29, 0.717) is 17.9 Å². The number of carboxylic acid groups (broad SMARTS) is 1. The standard InChI is InChI=1S/C15H14O4/c16-13-6-7-14(12(8-13)9-15(17)18)19-10-11-4-2-1-3-5-11/h1-8,16H,9-10H2,(H,17,18). The SMILES string of the molecule is O=C(O)Cc1cc(O)ccc1OCc1ccccc1. The normalized spacial score (nSPS) is 10.1. The molecule has 0 saturated carbocycles. The molecule has 19 heavy (non-hydrogen) atoms. The fourth-order valence-electron chi connectivity index (χ4n) is 1.74. The fraction of sp³-hybridized carbons (Fsp3) is 0.133. The van der Waals surface area contributed by atoms with Crippen LogP contribution in [0.15, 0.2) is 48.5 Å². The van der Waals surface area contributed by atoms with Crippen LogP contribution in [-0.2, 0) is 17.8 Å². The van der Waals surface area contributed by atoms with Gasteiger partial charge in [-0.15, -0.1) is 0 Å². The van der Waals surface area contributed by atoms with E-state index in [1.54, 1.807) is 6.07 Å². The Morgan fingerprint density at radius 1 is 1.11 bits per heavy atom. The van der Waals surface area contributed by atoms with Crippen molar-refractivity contribution in [1.82, 2.24) is 0 Å². The van der Waals surface area contributed by atoms with Crippen LogP contribution in [0.3, 0.4) is 0 Å². The molecule has 0 fully saturated rings. The Hall–Kier alpha value is -2.49. The van der Waals surface area contributed by atoms with Crippen molar-refractivity contribution in [2.24, 2.45) is 0 Å². The molecule has 2 aromatic rings. The van der Waals surface area contributed by atoms with E-state index in [4.69, 9.17) is 9.84 Å². The number of ether oxygens (including phenoxy) is 1. The minimum Gasteiger partial charge on any atom is -0.508 e. The first-order chi connectivity index (χ1) is 9.15. The van der Waals surface area contributed by atoms with Crippen LogP contribution < -0.4 is 4.74 Å². The second-order valence-electron chi connectivity index (χ2n) is 4.14. The number of benzene rings is 2. The minimum atomic E-state index is -0.963. The van der Waals surface area contributed by atoms with Crippen LogP contribution in [0, 0.1) is 0 Å². The van der Waals surface area contributed by atoms with Gasteiger partial charge in [-0.1, -0.05) is 30.3 Å². The Kier molecular flexibility index (Phi) is 4.03. The van der Waals surface area contributed by atoms with Crippen LogP contribution in [0.2, 0.25) is 0 Å². The molecule has 2 aromatic carbocycles. The van der Waals surface area contributed by atoms with Crippen LogP contribution in [0.1, 0.15) is 11.1 Å². The largest absolute Gasteiger partial charge is 0.508 e. The van der Waals surface area contributed by atoms with E-state index in [0.717, 1.165) is 5.56 Å². The molecule has 0 heterocycles. The molecule has 0 aliphatic heterocycles. The van der Waals surface area contributed by atoms with Crippen molar-refractivity contribution in [2.45, 2.75) is 13.0 Å². The van der Waals surface area contributed by atoms with Gasteiger partial charge < -0.3 is 14.9 Å². The van der Waals surface area contributed by atoms with Crippen molar-refractivity contribution in [2.75, 3.05) is 0 Å². The lowest BCUT2D eigenvalue weighted by molar-refractivity contribution is -0.136. The first-order valence-corrected chi connectivity index (χ1v) is 5.85. The number of hydrogen-bond donors (Lipinski definition) is 2. The third-order valence-electron chi connectivity index (χ3n) is 2.62. The summed E-state index contributed by atoms with van der Waals surface area (Å²) in [5.41, 5.74) is 1.46. The highest BCUT2D eigenvalue weighted by molar-refractivity contribution is 5.71. The molecule has 98 valence electrons. The average Bonchev–Trinajstić information content (AvgIpc) is 2.38. The van der Waals surface area contributed by atoms with Gasteiger partial charge in [0.2, 0.25) is 0 Å². The third-order valence-corrected chi connectivity index (χ3v) is 2.62. The van der Waals surface area contributed by atoms with Crippen LogP contribution >= 0.6 is 0 Å². The lowest BCUT2D eigenvalue weighted by Gasteiger charge is -2.10. The first-order valence-electron chi connectivity index (χ1n) is 5.85. The van der Waals surface area contributed by atoms with Crippen molar-refractivity contribution in [3.8, 4) is 11.5 Å². The summed E-state index contributed by atoms with van der Waals surface area (Å²) in [6.45, 7) is 0.359. The number of phenolic OH excluding ortho intramolecular Hbond substituents is 1. The highest BCUT2D eigenvalue weighted by atomic mass is 16.5. The van der Waals surface area contributed by atoms with Gasteiger partial charge in [-0.05, 0) is 23.8 Å². The topological polar surface area (TPSA) is 66.8 Å². The maximum atomic E-state index is 10.8. The molecule has 0 amide bonds. The number of aromatic hydroxyl groups is 1. The molecule has 0 aliphatic rings. The average molecular weight is 258 g/mol. The molecule has 0 aromatic heterocycles. The molecule has 4 nitrogen and oxygen atoms in total. The number of hydrogen-bond acceptors (Lipinski definition) is 3. The van der Waals surface area contributed by atoms with Crippen molar-refractivity contribution in [1.29, 1.82) is 0 Å². The molecule has 2 N–H and O–H groups in total. The smallest absolute Gasteiger partial charge is 0.307 e. The van der Waals surface area contributed by atoms with Gasteiger partial charge in [0.05, 0.1) is 6.42 Å². The van der Waals surface area contributed by atoms with Gasteiger partial charge in [0.15, 0.2) is 0 Å². The van der Waals surface area contributed by atoms with Gasteiger partial charge >= 0.3 is 5.97 Å². The fourth-order valence-corrected chi connectivity index (χ4v) is 1.74. The van der Waals surface area contributed by atoms with Gasteiger partial charge in [0, 0.05) is 5.56 Å². The maximum Gasteiger partial charge on any atom is 0.307 e. The molecule has 0 unspecified atom stereocenters. The molecule has 0 spiro atoms. The lowest BCUT2D eigenvalue weighted by atomic mass is 10.1. The van der Waals surface area contributed by atoms with Crippen LogP contribution in [0.4, 0.5) is 0 Å². The molecule has 2 rings (SSSR count). The number of carbonyl (C=O) groups is 1. The van der Waals surface area contributed by atoms with Gasteiger partial charge in [0.1, 0.15) is 18.1 Å². The second-order valence-corrected chi connectivity index (χ2v) is 4.14.